The van der Waals surface area contributed by atoms with Gasteiger partial charge in [0.2, 0.25) is 10.0 Å². The van der Waals surface area contributed by atoms with Crippen LogP contribution >= 0.6 is 0 Å². The van der Waals surface area contributed by atoms with Crippen molar-refractivity contribution in [1.29, 1.82) is 0 Å². The Hall–Kier alpha value is -1.91. The molecule has 0 aliphatic carbocycles. The van der Waals surface area contributed by atoms with Crippen molar-refractivity contribution in [3.8, 4) is 12.3 Å². The van der Waals surface area contributed by atoms with E-state index >= 15 is 0 Å². The van der Waals surface area contributed by atoms with E-state index in [2.05, 4.69) is 10.6 Å². The van der Waals surface area contributed by atoms with Gasteiger partial charge in [-0.2, -0.15) is 0 Å². The molecular weight excluding hydrogens is 268 g/mol. The van der Waals surface area contributed by atoms with E-state index in [-0.39, 0.29) is 16.6 Å². The van der Waals surface area contributed by atoms with Crippen LogP contribution in [0.1, 0.15) is 19.8 Å². The summed E-state index contributed by atoms with van der Waals surface area (Å²) in [5.41, 5.74) is -0.158. The Morgan fingerprint density at radius 3 is 2.42 bits per heavy atom. The van der Waals surface area contributed by atoms with Crippen LogP contribution in [0.3, 0.4) is 0 Å². The highest BCUT2D eigenvalue weighted by atomic mass is 32.2. The van der Waals surface area contributed by atoms with Gasteiger partial charge in [-0.15, -0.1) is 12.3 Å². The number of nitrogens with one attached hydrogen (secondary N) is 1. The second kappa shape index (κ2) is 6.31. The molecule has 6 nitrogen and oxygen atoms in total. The first kappa shape index (κ1) is 15.1. The van der Waals surface area contributed by atoms with Crippen LogP contribution in [0, 0.1) is 22.5 Å². The third-order valence-corrected chi connectivity index (χ3v) is 4.07. The molecule has 1 N–H and O–H groups in total. The molecule has 0 radical (unpaired) electrons. The highest BCUT2D eigenvalue weighted by molar-refractivity contribution is 7.89. The van der Waals surface area contributed by atoms with Crippen LogP contribution in [0.25, 0.3) is 0 Å². The van der Waals surface area contributed by atoms with E-state index in [1.54, 1.807) is 0 Å². The maximum absolute atomic E-state index is 12.0. The van der Waals surface area contributed by atoms with Crippen molar-refractivity contribution in [2.45, 2.75) is 30.7 Å². The van der Waals surface area contributed by atoms with Crippen molar-refractivity contribution >= 4 is 15.7 Å². The van der Waals surface area contributed by atoms with Gasteiger partial charge in [0.15, 0.2) is 0 Å². The summed E-state index contributed by atoms with van der Waals surface area (Å²) >= 11 is 0. The minimum atomic E-state index is -3.70. The number of rotatable bonds is 6. The molecule has 0 amide bonds. The zero-order valence-electron chi connectivity index (χ0n) is 10.4. The van der Waals surface area contributed by atoms with Crippen molar-refractivity contribution < 1.29 is 13.3 Å². The third kappa shape index (κ3) is 4.05. The van der Waals surface area contributed by atoms with Crippen molar-refractivity contribution in [1.82, 2.24) is 4.72 Å². The molecule has 1 aromatic rings. The molecule has 19 heavy (non-hydrogen) atoms. The molecule has 1 atom stereocenters. The molecule has 0 heterocycles. The first-order valence-electron chi connectivity index (χ1n) is 5.61. The molecule has 1 aromatic carbocycles. The highest BCUT2D eigenvalue weighted by Gasteiger charge is 2.19. The number of non-ortho nitro benzene ring substituents is 1. The molecule has 0 bridgehead atoms. The fourth-order valence-electron chi connectivity index (χ4n) is 1.45. The molecule has 102 valence electrons. The second-order valence-electron chi connectivity index (χ2n) is 3.89. The van der Waals surface area contributed by atoms with Crippen LogP contribution in [-0.4, -0.2) is 19.4 Å². The molecule has 1 rings (SSSR count). The van der Waals surface area contributed by atoms with Crippen molar-refractivity contribution in [3.05, 3.63) is 34.4 Å². The lowest BCUT2D eigenvalue weighted by molar-refractivity contribution is -0.384. The van der Waals surface area contributed by atoms with Gasteiger partial charge in [0.25, 0.3) is 5.69 Å². The number of nitro groups is 1. The summed E-state index contributed by atoms with van der Waals surface area (Å²) in [7, 11) is -3.70. The maximum Gasteiger partial charge on any atom is 0.269 e. The van der Waals surface area contributed by atoms with Crippen LogP contribution < -0.4 is 4.72 Å². The summed E-state index contributed by atoms with van der Waals surface area (Å²) in [6.45, 7) is 1.82. The maximum atomic E-state index is 12.0. The number of nitrogens with zero attached hydrogens (tertiary/aromatic N) is 1. The Morgan fingerprint density at radius 1 is 1.42 bits per heavy atom. The van der Waals surface area contributed by atoms with Crippen LogP contribution in [-0.2, 0) is 10.0 Å². The average Bonchev–Trinajstić information content (AvgIpc) is 2.38. The third-order valence-electron chi connectivity index (χ3n) is 2.54. The minimum Gasteiger partial charge on any atom is -0.258 e. The Bertz CT molecular complexity index is 587. The van der Waals surface area contributed by atoms with E-state index < -0.39 is 14.9 Å². The van der Waals surface area contributed by atoms with Gasteiger partial charge in [0, 0.05) is 24.6 Å². The number of hydrogen-bond donors (Lipinski definition) is 1. The molecule has 0 saturated carbocycles. The Labute approximate surface area is 112 Å². The van der Waals surface area contributed by atoms with E-state index in [0.717, 1.165) is 12.1 Å². The van der Waals surface area contributed by atoms with Crippen molar-refractivity contribution in [3.63, 3.8) is 0 Å². The molecule has 0 aliphatic rings. The van der Waals surface area contributed by atoms with Crippen LogP contribution in [0.4, 0.5) is 5.69 Å². The number of hydrogen-bond acceptors (Lipinski definition) is 4. The summed E-state index contributed by atoms with van der Waals surface area (Å²) in [6.07, 6.45) is 6.02. The van der Waals surface area contributed by atoms with E-state index in [1.807, 2.05) is 6.92 Å². The first-order chi connectivity index (χ1) is 8.90. The van der Waals surface area contributed by atoms with Gasteiger partial charge >= 0.3 is 0 Å². The van der Waals surface area contributed by atoms with Crippen LogP contribution in [0.15, 0.2) is 29.2 Å². The van der Waals surface area contributed by atoms with Gasteiger partial charge < -0.3 is 0 Å². The lowest BCUT2D eigenvalue weighted by atomic mass is 10.2. The fraction of sp³-hybridized carbons (Fsp3) is 0.333. The largest absolute Gasteiger partial charge is 0.269 e. The van der Waals surface area contributed by atoms with Gasteiger partial charge in [-0.3, -0.25) is 10.1 Å². The smallest absolute Gasteiger partial charge is 0.258 e. The van der Waals surface area contributed by atoms with E-state index in [1.165, 1.54) is 12.1 Å². The lowest BCUT2D eigenvalue weighted by Crippen LogP contribution is -2.34. The van der Waals surface area contributed by atoms with Gasteiger partial charge in [-0.25, -0.2) is 13.1 Å². The normalized spacial score (nSPS) is 12.6. The van der Waals surface area contributed by atoms with Crippen LogP contribution in [0.2, 0.25) is 0 Å². The van der Waals surface area contributed by atoms with Crippen molar-refractivity contribution in [2.24, 2.45) is 0 Å². The summed E-state index contributed by atoms with van der Waals surface area (Å²) in [6, 6.07) is 4.35. The molecule has 0 fully saturated rings. The Morgan fingerprint density at radius 2 is 2.00 bits per heavy atom. The molecular formula is C12H14N2O4S. The standard InChI is InChI=1S/C12H14N2O4S/c1-3-5-10(4-2)13-19(17,18)12-8-6-11(7-9-12)14(15)16/h1,6-10,13H,4-5H2,2H3. The van der Waals surface area contributed by atoms with E-state index in [4.69, 9.17) is 6.42 Å². The second-order valence-corrected chi connectivity index (χ2v) is 5.60. The van der Waals surface area contributed by atoms with Gasteiger partial charge in [-0.05, 0) is 18.6 Å². The predicted molar refractivity (Wildman–Crippen MR) is 70.9 cm³/mol. The van der Waals surface area contributed by atoms with Gasteiger partial charge in [0.05, 0.1) is 9.82 Å². The zero-order chi connectivity index (χ0) is 14.5. The number of nitro benzene ring substituents is 1. The highest BCUT2D eigenvalue weighted by Crippen LogP contribution is 2.16. The summed E-state index contributed by atoms with van der Waals surface area (Å²) in [4.78, 5) is 9.88. The fourth-order valence-corrected chi connectivity index (χ4v) is 2.77. The molecule has 7 heteroatoms. The van der Waals surface area contributed by atoms with Gasteiger partial charge in [-0.1, -0.05) is 6.92 Å². The quantitative estimate of drug-likeness (QED) is 0.488. The molecule has 1 unspecified atom stereocenters. The summed E-state index contributed by atoms with van der Waals surface area (Å²) < 4.78 is 26.5. The number of terminal acetylenes is 1. The molecule has 0 aliphatic heterocycles. The Balaban J connectivity index is 2.94. The van der Waals surface area contributed by atoms with Crippen LogP contribution in [0.5, 0.6) is 0 Å². The molecule has 0 aromatic heterocycles. The number of benzene rings is 1. The van der Waals surface area contributed by atoms with E-state index in [0.29, 0.717) is 12.8 Å². The van der Waals surface area contributed by atoms with E-state index in [9.17, 15) is 18.5 Å². The zero-order valence-corrected chi connectivity index (χ0v) is 11.2. The SMILES string of the molecule is C#CCC(CC)NS(=O)(=O)c1ccc([N+](=O)[O-])cc1. The Kier molecular flexibility index (Phi) is 5.03. The summed E-state index contributed by atoms with van der Waals surface area (Å²) in [5.74, 6) is 2.40. The van der Waals surface area contributed by atoms with Gasteiger partial charge in [0.1, 0.15) is 0 Å². The monoisotopic (exact) mass is 282 g/mol. The predicted octanol–water partition coefficient (Wildman–Crippen LogP) is 1.68. The number of sulfonamides is 1. The molecule has 0 spiro atoms. The molecule has 0 saturated heterocycles. The minimum absolute atomic E-state index is 0.0198. The average molecular weight is 282 g/mol. The lowest BCUT2D eigenvalue weighted by Gasteiger charge is -2.14. The van der Waals surface area contributed by atoms with Crippen molar-refractivity contribution in [2.75, 3.05) is 0 Å². The topological polar surface area (TPSA) is 89.3 Å². The first-order valence-corrected chi connectivity index (χ1v) is 7.09. The summed E-state index contributed by atoms with van der Waals surface area (Å²) in [5, 5.41) is 10.5.